The van der Waals surface area contributed by atoms with Gasteiger partial charge in [0, 0.05) is 19.8 Å². The Bertz CT molecular complexity index is 444. The number of nitro groups is 1. The minimum Gasteiger partial charge on any atom is -0.490 e. The fourth-order valence-corrected chi connectivity index (χ4v) is 2.24. The molecule has 0 aromatic heterocycles. The molecule has 1 fully saturated rings. The molecule has 0 amide bonds. The van der Waals surface area contributed by atoms with Gasteiger partial charge in [0.1, 0.15) is 5.69 Å². The van der Waals surface area contributed by atoms with Gasteiger partial charge in [-0.05, 0) is 30.9 Å². The summed E-state index contributed by atoms with van der Waals surface area (Å²) in [5.74, 6) is 0.830. The van der Waals surface area contributed by atoms with Gasteiger partial charge < -0.3 is 14.8 Å². The van der Waals surface area contributed by atoms with Crippen molar-refractivity contribution in [3.8, 4) is 5.75 Å². The molecule has 6 nitrogen and oxygen atoms in total. The average molecular weight is 266 g/mol. The summed E-state index contributed by atoms with van der Waals surface area (Å²) >= 11 is 0. The molecule has 0 spiro atoms. The first kappa shape index (κ1) is 13.6. The number of hydrogen-bond acceptors (Lipinski definition) is 5. The van der Waals surface area contributed by atoms with Crippen LogP contribution in [0.1, 0.15) is 12.8 Å². The van der Waals surface area contributed by atoms with Crippen molar-refractivity contribution in [3.63, 3.8) is 0 Å². The van der Waals surface area contributed by atoms with Crippen LogP contribution in [0.15, 0.2) is 18.2 Å². The van der Waals surface area contributed by atoms with Crippen LogP contribution in [0, 0.1) is 16.0 Å². The van der Waals surface area contributed by atoms with Crippen LogP contribution >= 0.6 is 0 Å². The van der Waals surface area contributed by atoms with Gasteiger partial charge in [-0.15, -0.1) is 0 Å². The van der Waals surface area contributed by atoms with Gasteiger partial charge in [0.15, 0.2) is 5.75 Å². The average Bonchev–Trinajstić information content (AvgIpc) is 2.91. The van der Waals surface area contributed by atoms with Crippen molar-refractivity contribution in [1.29, 1.82) is 0 Å². The van der Waals surface area contributed by atoms with Gasteiger partial charge in [0.2, 0.25) is 0 Å². The van der Waals surface area contributed by atoms with Crippen LogP contribution in [0.5, 0.6) is 5.75 Å². The van der Waals surface area contributed by atoms with Crippen molar-refractivity contribution in [3.05, 3.63) is 28.3 Å². The van der Waals surface area contributed by atoms with Crippen LogP contribution in [0.2, 0.25) is 0 Å². The second kappa shape index (κ2) is 6.38. The molecule has 6 heteroatoms. The number of nitro benzene ring substituents is 1. The van der Waals surface area contributed by atoms with Gasteiger partial charge in [0.25, 0.3) is 0 Å². The molecular formula is C13H18N2O4. The Labute approximate surface area is 111 Å². The van der Waals surface area contributed by atoms with E-state index >= 15 is 0 Å². The summed E-state index contributed by atoms with van der Waals surface area (Å²) in [6.07, 6.45) is 2.02. The Balaban J connectivity index is 2.00. The van der Waals surface area contributed by atoms with E-state index in [1.807, 2.05) is 0 Å². The fraction of sp³-hybridized carbons (Fsp3) is 0.538. The molecule has 2 rings (SSSR count). The van der Waals surface area contributed by atoms with Crippen molar-refractivity contribution in [2.75, 3.05) is 32.2 Å². The first-order chi connectivity index (χ1) is 9.22. The second-order valence-corrected chi connectivity index (χ2v) is 4.56. The number of rotatable bonds is 6. The smallest absolute Gasteiger partial charge is 0.333 e. The topological polar surface area (TPSA) is 73.6 Å². The number of para-hydroxylation sites is 1. The second-order valence-electron chi connectivity index (χ2n) is 4.56. The molecular weight excluding hydrogens is 248 g/mol. The number of anilines is 1. The summed E-state index contributed by atoms with van der Waals surface area (Å²) in [5.41, 5.74) is 0.496. The normalized spacial score (nSPS) is 18.3. The lowest BCUT2D eigenvalue weighted by molar-refractivity contribution is -0.384. The minimum atomic E-state index is -0.417. The summed E-state index contributed by atoms with van der Waals surface area (Å²) in [4.78, 5) is 10.7. The highest BCUT2D eigenvalue weighted by Gasteiger charge is 2.21. The molecule has 1 aromatic carbocycles. The van der Waals surface area contributed by atoms with Gasteiger partial charge in [0.05, 0.1) is 12.0 Å². The first-order valence-electron chi connectivity index (χ1n) is 6.35. The molecule has 1 atom stereocenters. The van der Waals surface area contributed by atoms with Crippen molar-refractivity contribution in [1.82, 2.24) is 0 Å². The highest BCUT2D eigenvalue weighted by molar-refractivity contribution is 5.68. The van der Waals surface area contributed by atoms with Crippen LogP contribution in [0.25, 0.3) is 0 Å². The number of nitrogens with one attached hydrogen (secondary N) is 1. The highest BCUT2D eigenvalue weighted by atomic mass is 16.6. The molecule has 1 aromatic rings. The Kier molecular flexibility index (Phi) is 4.57. The molecule has 104 valence electrons. The van der Waals surface area contributed by atoms with Crippen LogP contribution in [0.4, 0.5) is 11.4 Å². The quantitative estimate of drug-likeness (QED) is 0.632. The molecule has 1 aliphatic heterocycles. The van der Waals surface area contributed by atoms with Gasteiger partial charge >= 0.3 is 5.69 Å². The highest BCUT2D eigenvalue weighted by Crippen LogP contribution is 2.34. The molecule has 0 radical (unpaired) electrons. The Hall–Kier alpha value is -1.82. The predicted molar refractivity (Wildman–Crippen MR) is 71.7 cm³/mol. The summed E-state index contributed by atoms with van der Waals surface area (Å²) in [5, 5.41) is 14.2. The van der Waals surface area contributed by atoms with Crippen LogP contribution in [-0.4, -0.2) is 31.8 Å². The summed E-state index contributed by atoms with van der Waals surface area (Å²) in [7, 11) is 1.43. The van der Waals surface area contributed by atoms with Gasteiger partial charge in [-0.25, -0.2) is 0 Å². The Morgan fingerprint density at radius 2 is 2.42 bits per heavy atom. The lowest BCUT2D eigenvalue weighted by atomic mass is 10.1. The van der Waals surface area contributed by atoms with E-state index in [0.29, 0.717) is 18.2 Å². The van der Waals surface area contributed by atoms with Gasteiger partial charge in [-0.1, -0.05) is 6.07 Å². The molecule has 1 aliphatic rings. The van der Waals surface area contributed by atoms with Crippen LogP contribution in [0.3, 0.4) is 0 Å². The first-order valence-corrected chi connectivity index (χ1v) is 6.35. The molecule has 0 bridgehead atoms. The maximum Gasteiger partial charge on any atom is 0.333 e. The molecule has 1 N–H and O–H groups in total. The van der Waals surface area contributed by atoms with Crippen molar-refractivity contribution in [2.45, 2.75) is 12.8 Å². The number of hydrogen-bond donors (Lipinski definition) is 1. The fourth-order valence-electron chi connectivity index (χ4n) is 2.24. The lowest BCUT2D eigenvalue weighted by Gasteiger charge is -2.11. The standard InChI is InChI=1S/C13H18N2O4/c1-18-12-4-2-3-11(13(12)15(16)17)14-7-5-10-6-8-19-9-10/h2-4,10,14H,5-9H2,1H3/t10-/m0/s1. The van der Waals surface area contributed by atoms with E-state index in [9.17, 15) is 10.1 Å². The van der Waals surface area contributed by atoms with E-state index in [1.165, 1.54) is 7.11 Å². The van der Waals surface area contributed by atoms with Crippen molar-refractivity contribution in [2.24, 2.45) is 5.92 Å². The third-order valence-corrected chi connectivity index (χ3v) is 3.29. The van der Waals surface area contributed by atoms with Gasteiger partial charge in [-0.2, -0.15) is 0 Å². The maximum atomic E-state index is 11.1. The van der Waals surface area contributed by atoms with Gasteiger partial charge in [-0.3, -0.25) is 10.1 Å². The Morgan fingerprint density at radius 3 is 3.05 bits per heavy atom. The van der Waals surface area contributed by atoms with E-state index in [1.54, 1.807) is 18.2 Å². The molecule has 19 heavy (non-hydrogen) atoms. The molecule has 0 unspecified atom stereocenters. The predicted octanol–water partition coefficient (Wildman–Crippen LogP) is 2.44. The van der Waals surface area contributed by atoms with Crippen molar-refractivity contribution >= 4 is 11.4 Å². The molecule has 1 heterocycles. The molecule has 0 aliphatic carbocycles. The van der Waals surface area contributed by atoms with E-state index in [0.717, 1.165) is 26.1 Å². The third-order valence-electron chi connectivity index (χ3n) is 3.29. The van der Waals surface area contributed by atoms with E-state index in [4.69, 9.17) is 9.47 Å². The van der Waals surface area contributed by atoms with E-state index < -0.39 is 4.92 Å². The third kappa shape index (κ3) is 3.35. The zero-order chi connectivity index (χ0) is 13.7. The van der Waals surface area contributed by atoms with Crippen molar-refractivity contribution < 1.29 is 14.4 Å². The Morgan fingerprint density at radius 1 is 1.58 bits per heavy atom. The van der Waals surface area contributed by atoms with Crippen LogP contribution in [-0.2, 0) is 4.74 Å². The molecule has 1 saturated heterocycles. The number of methoxy groups -OCH3 is 1. The SMILES string of the molecule is COc1cccc(NCC[C@H]2CCOC2)c1[N+](=O)[O-]. The zero-order valence-electron chi connectivity index (χ0n) is 10.9. The largest absolute Gasteiger partial charge is 0.490 e. The zero-order valence-corrected chi connectivity index (χ0v) is 10.9. The minimum absolute atomic E-state index is 0.00679. The monoisotopic (exact) mass is 266 g/mol. The maximum absolute atomic E-state index is 11.1. The van der Waals surface area contributed by atoms with E-state index in [2.05, 4.69) is 5.32 Å². The number of ether oxygens (including phenoxy) is 2. The van der Waals surface area contributed by atoms with Crippen LogP contribution < -0.4 is 10.1 Å². The number of benzene rings is 1. The van der Waals surface area contributed by atoms with E-state index in [-0.39, 0.29) is 11.4 Å². The molecule has 0 saturated carbocycles. The lowest BCUT2D eigenvalue weighted by Crippen LogP contribution is -2.10. The summed E-state index contributed by atoms with van der Waals surface area (Å²) in [6, 6.07) is 5.03. The number of nitrogens with zero attached hydrogens (tertiary/aromatic N) is 1. The summed E-state index contributed by atoms with van der Waals surface area (Å²) in [6.45, 7) is 2.31. The summed E-state index contributed by atoms with van der Waals surface area (Å²) < 4.78 is 10.3.